The van der Waals surface area contributed by atoms with E-state index in [0.717, 1.165) is 11.8 Å². The van der Waals surface area contributed by atoms with Crippen LogP contribution in [-0.2, 0) is 5.41 Å². The van der Waals surface area contributed by atoms with Crippen LogP contribution in [0.3, 0.4) is 0 Å². The van der Waals surface area contributed by atoms with Crippen molar-refractivity contribution in [3.63, 3.8) is 0 Å². The maximum atomic E-state index is 3.57. The summed E-state index contributed by atoms with van der Waals surface area (Å²) in [6.45, 7) is 9.46. The number of rotatable bonds is 3. The molecule has 1 aromatic heterocycles. The van der Waals surface area contributed by atoms with Crippen LogP contribution in [0.1, 0.15) is 50.5 Å². The van der Waals surface area contributed by atoms with Crippen LogP contribution >= 0.6 is 11.3 Å². The first kappa shape index (κ1) is 14.1. The van der Waals surface area contributed by atoms with Crippen molar-refractivity contribution >= 4 is 11.3 Å². The second-order valence-electron chi connectivity index (χ2n) is 6.59. The smallest absolute Gasteiger partial charge is 0.0103 e. The molecule has 1 aliphatic rings. The van der Waals surface area contributed by atoms with Crippen molar-refractivity contribution in [2.75, 3.05) is 7.05 Å². The highest BCUT2D eigenvalue weighted by Gasteiger charge is 2.39. The van der Waals surface area contributed by atoms with Crippen molar-refractivity contribution in [3.8, 4) is 0 Å². The molecule has 1 heterocycles. The molecule has 0 aromatic carbocycles. The molecule has 18 heavy (non-hydrogen) atoms. The molecule has 1 aromatic rings. The van der Waals surface area contributed by atoms with Gasteiger partial charge in [0.25, 0.3) is 0 Å². The van der Waals surface area contributed by atoms with Crippen LogP contribution in [0.5, 0.6) is 0 Å². The number of hydrogen-bond acceptors (Lipinski definition) is 2. The third kappa shape index (κ3) is 2.65. The number of nitrogens with one attached hydrogen (secondary N) is 1. The van der Waals surface area contributed by atoms with Gasteiger partial charge in [0.05, 0.1) is 0 Å². The zero-order valence-corrected chi connectivity index (χ0v) is 13.2. The van der Waals surface area contributed by atoms with E-state index in [-0.39, 0.29) is 0 Å². The monoisotopic (exact) mass is 265 g/mol. The van der Waals surface area contributed by atoms with Gasteiger partial charge >= 0.3 is 0 Å². The Morgan fingerprint density at radius 3 is 2.61 bits per heavy atom. The van der Waals surface area contributed by atoms with Gasteiger partial charge < -0.3 is 5.32 Å². The predicted octanol–water partition coefficient (Wildman–Crippen LogP) is 4.36. The van der Waals surface area contributed by atoms with E-state index in [0.29, 0.717) is 11.5 Å². The molecule has 2 rings (SSSR count). The van der Waals surface area contributed by atoms with Crippen LogP contribution in [0.2, 0.25) is 0 Å². The average Bonchev–Trinajstić information content (AvgIpc) is 2.76. The van der Waals surface area contributed by atoms with E-state index in [1.54, 1.807) is 0 Å². The average molecular weight is 265 g/mol. The standard InChI is InChI=1S/C16H27NS/c1-11-6-7-14(15(8-11)17-5)16(3,4)13-9-12(2)18-10-13/h9-11,14-15,17H,6-8H2,1-5H3. The van der Waals surface area contributed by atoms with Crippen LogP contribution in [0, 0.1) is 18.8 Å². The third-order valence-electron chi connectivity index (χ3n) is 4.88. The Hall–Kier alpha value is -0.340. The zero-order valence-electron chi connectivity index (χ0n) is 12.4. The lowest BCUT2D eigenvalue weighted by Crippen LogP contribution is -2.47. The first-order chi connectivity index (χ1) is 8.45. The number of thiophene rings is 1. The van der Waals surface area contributed by atoms with Gasteiger partial charge in [-0.15, -0.1) is 11.3 Å². The van der Waals surface area contributed by atoms with Gasteiger partial charge in [0.1, 0.15) is 0 Å². The van der Waals surface area contributed by atoms with Gasteiger partial charge in [-0.1, -0.05) is 27.2 Å². The largest absolute Gasteiger partial charge is 0.317 e. The van der Waals surface area contributed by atoms with Gasteiger partial charge in [0, 0.05) is 10.9 Å². The highest BCUT2D eigenvalue weighted by atomic mass is 32.1. The molecule has 1 aliphatic carbocycles. The molecule has 3 unspecified atom stereocenters. The summed E-state index contributed by atoms with van der Waals surface area (Å²) in [5.41, 5.74) is 1.82. The molecule has 1 nitrogen and oxygen atoms in total. The summed E-state index contributed by atoms with van der Waals surface area (Å²) in [7, 11) is 2.13. The third-order valence-corrected chi connectivity index (χ3v) is 5.75. The van der Waals surface area contributed by atoms with Gasteiger partial charge in [-0.05, 0) is 61.1 Å². The molecule has 0 bridgehead atoms. The Bertz CT molecular complexity index is 394. The summed E-state index contributed by atoms with van der Waals surface area (Å²) < 4.78 is 0. The molecule has 0 radical (unpaired) electrons. The summed E-state index contributed by atoms with van der Waals surface area (Å²) in [4.78, 5) is 1.43. The van der Waals surface area contributed by atoms with Crippen molar-refractivity contribution in [3.05, 3.63) is 21.9 Å². The molecule has 0 spiro atoms. The van der Waals surface area contributed by atoms with E-state index >= 15 is 0 Å². The normalized spacial score (nSPS) is 29.5. The van der Waals surface area contributed by atoms with Gasteiger partial charge in [-0.25, -0.2) is 0 Å². The van der Waals surface area contributed by atoms with E-state index in [1.807, 2.05) is 11.3 Å². The highest BCUT2D eigenvalue weighted by Crippen LogP contribution is 2.43. The van der Waals surface area contributed by atoms with Crippen molar-refractivity contribution in [1.29, 1.82) is 0 Å². The molecule has 0 amide bonds. The first-order valence-corrected chi connectivity index (χ1v) is 8.06. The second kappa shape index (κ2) is 5.34. The van der Waals surface area contributed by atoms with E-state index < -0.39 is 0 Å². The first-order valence-electron chi connectivity index (χ1n) is 7.18. The quantitative estimate of drug-likeness (QED) is 0.856. The Labute approximate surface area is 116 Å². The Kier molecular flexibility index (Phi) is 4.18. The van der Waals surface area contributed by atoms with Gasteiger partial charge in [-0.2, -0.15) is 0 Å². The van der Waals surface area contributed by atoms with Crippen LogP contribution in [-0.4, -0.2) is 13.1 Å². The Morgan fingerprint density at radius 2 is 2.06 bits per heavy atom. The highest BCUT2D eigenvalue weighted by molar-refractivity contribution is 7.10. The van der Waals surface area contributed by atoms with Crippen LogP contribution in [0.25, 0.3) is 0 Å². The second-order valence-corrected chi connectivity index (χ2v) is 7.70. The molecule has 1 N–H and O–H groups in total. The fourth-order valence-corrected chi connectivity index (χ4v) is 4.44. The maximum absolute atomic E-state index is 3.57. The summed E-state index contributed by atoms with van der Waals surface area (Å²) in [5, 5.41) is 5.93. The van der Waals surface area contributed by atoms with Crippen molar-refractivity contribution in [2.24, 2.45) is 11.8 Å². The lowest BCUT2D eigenvalue weighted by Gasteiger charge is -2.44. The molecule has 0 aliphatic heterocycles. The van der Waals surface area contributed by atoms with E-state index in [2.05, 4.69) is 51.5 Å². The van der Waals surface area contributed by atoms with Gasteiger partial charge in [-0.3, -0.25) is 0 Å². The molecule has 102 valence electrons. The predicted molar refractivity (Wildman–Crippen MR) is 81.4 cm³/mol. The topological polar surface area (TPSA) is 12.0 Å². The van der Waals surface area contributed by atoms with E-state index in [4.69, 9.17) is 0 Å². The summed E-state index contributed by atoms with van der Waals surface area (Å²) in [6.07, 6.45) is 4.07. The lowest BCUT2D eigenvalue weighted by atomic mass is 9.64. The van der Waals surface area contributed by atoms with Gasteiger partial charge in [0.2, 0.25) is 0 Å². The van der Waals surface area contributed by atoms with E-state index in [1.165, 1.54) is 29.7 Å². The molecular formula is C16H27NS. The Balaban J connectivity index is 2.22. The zero-order chi connectivity index (χ0) is 13.3. The fourth-order valence-electron chi connectivity index (χ4n) is 3.56. The minimum atomic E-state index is 0.290. The van der Waals surface area contributed by atoms with E-state index in [9.17, 15) is 0 Å². The lowest BCUT2D eigenvalue weighted by molar-refractivity contribution is 0.151. The minimum Gasteiger partial charge on any atom is -0.317 e. The van der Waals surface area contributed by atoms with Crippen molar-refractivity contribution < 1.29 is 0 Å². The number of hydrogen-bond donors (Lipinski definition) is 1. The summed E-state index contributed by atoms with van der Waals surface area (Å²) in [5.74, 6) is 1.63. The molecule has 2 heteroatoms. The van der Waals surface area contributed by atoms with Crippen molar-refractivity contribution in [2.45, 2.75) is 58.4 Å². The van der Waals surface area contributed by atoms with Gasteiger partial charge in [0.15, 0.2) is 0 Å². The molecular weight excluding hydrogens is 238 g/mol. The van der Waals surface area contributed by atoms with Crippen LogP contribution < -0.4 is 5.32 Å². The maximum Gasteiger partial charge on any atom is 0.0103 e. The molecule has 0 saturated heterocycles. The summed E-state index contributed by atoms with van der Waals surface area (Å²) in [6, 6.07) is 3.05. The molecule has 1 fully saturated rings. The Morgan fingerprint density at radius 1 is 1.33 bits per heavy atom. The van der Waals surface area contributed by atoms with Crippen molar-refractivity contribution in [1.82, 2.24) is 5.32 Å². The van der Waals surface area contributed by atoms with Crippen LogP contribution in [0.4, 0.5) is 0 Å². The minimum absolute atomic E-state index is 0.290. The molecule has 1 saturated carbocycles. The number of aryl methyl sites for hydroxylation is 1. The summed E-state index contributed by atoms with van der Waals surface area (Å²) >= 11 is 1.88. The van der Waals surface area contributed by atoms with Crippen LogP contribution in [0.15, 0.2) is 11.4 Å². The SMILES string of the molecule is CNC1CC(C)CCC1C(C)(C)c1csc(C)c1. The fraction of sp³-hybridized carbons (Fsp3) is 0.750. The molecule has 3 atom stereocenters.